The average Bonchev–Trinajstić information content (AvgIpc) is 2.26. The van der Waals surface area contributed by atoms with Gasteiger partial charge in [0.15, 0.2) is 0 Å². The Morgan fingerprint density at radius 1 is 1.24 bits per heavy atom. The van der Waals surface area contributed by atoms with Crippen molar-refractivity contribution in [3.05, 3.63) is 29.8 Å². The minimum absolute atomic E-state index is 0.229. The Kier molecular flexibility index (Phi) is 6.06. The van der Waals surface area contributed by atoms with E-state index in [4.69, 9.17) is 10.5 Å². The molecule has 0 aliphatic heterocycles. The third kappa shape index (κ3) is 5.73. The number of hydrogen-bond acceptors (Lipinski definition) is 2. The van der Waals surface area contributed by atoms with Gasteiger partial charge in [-0.05, 0) is 50.8 Å². The molecule has 2 N–H and O–H groups in total. The first-order chi connectivity index (χ1) is 8.11. The zero-order valence-electron chi connectivity index (χ0n) is 11.3. The van der Waals surface area contributed by atoms with Crippen LogP contribution in [0.4, 0.5) is 0 Å². The molecule has 2 nitrogen and oxygen atoms in total. The Bertz CT molecular complexity index is 322. The third-order valence-electron chi connectivity index (χ3n) is 2.73. The van der Waals surface area contributed by atoms with Crippen LogP contribution in [-0.2, 0) is 6.42 Å². The van der Waals surface area contributed by atoms with Crippen molar-refractivity contribution in [1.82, 2.24) is 0 Å². The molecule has 0 amide bonds. The maximum atomic E-state index is 6.02. The monoisotopic (exact) mass is 235 g/mol. The highest BCUT2D eigenvalue weighted by Gasteiger charge is 2.03. The predicted molar refractivity (Wildman–Crippen MR) is 73.4 cm³/mol. The third-order valence-corrected chi connectivity index (χ3v) is 2.73. The van der Waals surface area contributed by atoms with Gasteiger partial charge in [-0.3, -0.25) is 0 Å². The highest BCUT2D eigenvalue weighted by atomic mass is 16.5. The molecule has 1 aromatic rings. The van der Waals surface area contributed by atoms with Crippen molar-refractivity contribution in [2.45, 2.75) is 58.6 Å². The topological polar surface area (TPSA) is 35.2 Å². The lowest BCUT2D eigenvalue weighted by atomic mass is 10.0. The summed E-state index contributed by atoms with van der Waals surface area (Å²) >= 11 is 0. The summed E-state index contributed by atoms with van der Waals surface area (Å²) in [6, 6.07) is 8.66. The van der Waals surface area contributed by atoms with Gasteiger partial charge in [0.05, 0.1) is 6.10 Å². The number of ether oxygens (including phenoxy) is 1. The molecule has 0 spiro atoms. The van der Waals surface area contributed by atoms with E-state index < -0.39 is 0 Å². The molecule has 1 aromatic carbocycles. The van der Waals surface area contributed by atoms with Crippen LogP contribution in [0.25, 0.3) is 0 Å². The number of rotatable bonds is 7. The number of hydrogen-bond donors (Lipinski definition) is 1. The lowest BCUT2D eigenvalue weighted by Crippen LogP contribution is -2.20. The van der Waals surface area contributed by atoms with Gasteiger partial charge in [-0.1, -0.05) is 25.5 Å². The second kappa shape index (κ2) is 7.33. The van der Waals surface area contributed by atoms with Crippen LogP contribution in [0.2, 0.25) is 0 Å². The van der Waals surface area contributed by atoms with E-state index in [0.29, 0.717) is 6.04 Å². The molecule has 96 valence electrons. The van der Waals surface area contributed by atoms with Gasteiger partial charge in [-0.2, -0.15) is 0 Å². The summed E-state index contributed by atoms with van der Waals surface area (Å²) in [6.07, 6.45) is 4.60. The molecule has 0 fully saturated rings. The van der Waals surface area contributed by atoms with Gasteiger partial charge in [0.25, 0.3) is 0 Å². The van der Waals surface area contributed by atoms with E-state index in [2.05, 4.69) is 25.1 Å². The molecule has 0 radical (unpaired) electrons. The maximum absolute atomic E-state index is 6.02. The van der Waals surface area contributed by atoms with Gasteiger partial charge in [0.2, 0.25) is 0 Å². The molecule has 17 heavy (non-hydrogen) atoms. The molecule has 0 aliphatic carbocycles. The van der Waals surface area contributed by atoms with Crippen molar-refractivity contribution in [3.8, 4) is 5.75 Å². The highest BCUT2D eigenvalue weighted by molar-refractivity contribution is 5.28. The molecular formula is C15H25NO. The Morgan fingerprint density at radius 2 is 2.00 bits per heavy atom. The molecule has 0 aromatic heterocycles. The van der Waals surface area contributed by atoms with Crippen LogP contribution in [0.1, 0.15) is 45.6 Å². The average molecular weight is 235 g/mol. The lowest BCUT2D eigenvalue weighted by molar-refractivity contribution is 0.242. The van der Waals surface area contributed by atoms with Crippen LogP contribution in [0, 0.1) is 0 Å². The molecule has 2 heteroatoms. The summed E-state index contributed by atoms with van der Waals surface area (Å²) in [6.45, 7) is 6.27. The minimum atomic E-state index is 0.229. The van der Waals surface area contributed by atoms with Gasteiger partial charge in [0.1, 0.15) is 5.75 Å². The molecule has 0 saturated heterocycles. The molecule has 0 aliphatic rings. The normalized spacial score (nSPS) is 12.8. The number of aryl methyl sites for hydroxylation is 1. The quantitative estimate of drug-likeness (QED) is 0.784. The van der Waals surface area contributed by atoms with E-state index in [9.17, 15) is 0 Å². The first-order valence-corrected chi connectivity index (χ1v) is 6.63. The van der Waals surface area contributed by atoms with Gasteiger partial charge in [-0.25, -0.2) is 0 Å². The van der Waals surface area contributed by atoms with E-state index in [1.165, 1.54) is 5.56 Å². The lowest BCUT2D eigenvalue weighted by Gasteiger charge is -2.12. The summed E-state index contributed by atoms with van der Waals surface area (Å²) < 4.78 is 5.68. The summed E-state index contributed by atoms with van der Waals surface area (Å²) in [5.41, 5.74) is 7.33. The largest absolute Gasteiger partial charge is 0.491 e. The zero-order valence-corrected chi connectivity index (χ0v) is 11.3. The Balaban J connectivity index is 2.48. The van der Waals surface area contributed by atoms with Crippen LogP contribution < -0.4 is 10.5 Å². The summed E-state index contributed by atoms with van der Waals surface area (Å²) in [5.74, 6) is 0.960. The molecule has 1 atom stereocenters. The summed E-state index contributed by atoms with van der Waals surface area (Å²) in [5, 5.41) is 0. The van der Waals surface area contributed by atoms with E-state index in [1.807, 2.05) is 19.9 Å². The van der Waals surface area contributed by atoms with Crippen LogP contribution in [-0.4, -0.2) is 12.1 Å². The van der Waals surface area contributed by atoms with E-state index in [-0.39, 0.29) is 6.10 Å². The fourth-order valence-electron chi connectivity index (χ4n) is 1.91. The second-order valence-electron chi connectivity index (χ2n) is 4.90. The highest BCUT2D eigenvalue weighted by Crippen LogP contribution is 2.16. The SMILES string of the molecule is CCCC(N)CCc1cccc(OC(C)C)c1. The van der Waals surface area contributed by atoms with Crippen LogP contribution in [0.15, 0.2) is 24.3 Å². The number of nitrogens with two attached hydrogens (primary N) is 1. The molecule has 0 heterocycles. The maximum Gasteiger partial charge on any atom is 0.119 e. The van der Waals surface area contributed by atoms with Crippen LogP contribution in [0.5, 0.6) is 5.75 Å². The first-order valence-electron chi connectivity index (χ1n) is 6.63. The van der Waals surface area contributed by atoms with Crippen molar-refractivity contribution >= 4 is 0 Å². The fourth-order valence-corrected chi connectivity index (χ4v) is 1.91. The van der Waals surface area contributed by atoms with E-state index in [1.54, 1.807) is 0 Å². The van der Waals surface area contributed by atoms with Crippen molar-refractivity contribution in [3.63, 3.8) is 0 Å². The van der Waals surface area contributed by atoms with E-state index in [0.717, 1.165) is 31.4 Å². The Morgan fingerprint density at radius 3 is 2.65 bits per heavy atom. The fraction of sp³-hybridized carbons (Fsp3) is 0.600. The van der Waals surface area contributed by atoms with Crippen molar-refractivity contribution in [2.24, 2.45) is 5.73 Å². The van der Waals surface area contributed by atoms with Crippen molar-refractivity contribution in [2.75, 3.05) is 0 Å². The van der Waals surface area contributed by atoms with Gasteiger partial charge in [0, 0.05) is 6.04 Å². The summed E-state index contributed by atoms with van der Waals surface area (Å²) in [4.78, 5) is 0. The molecule has 0 bridgehead atoms. The van der Waals surface area contributed by atoms with Gasteiger partial charge in [-0.15, -0.1) is 0 Å². The van der Waals surface area contributed by atoms with Crippen molar-refractivity contribution < 1.29 is 4.74 Å². The molecule has 0 saturated carbocycles. The first kappa shape index (κ1) is 14.0. The molecule has 1 unspecified atom stereocenters. The second-order valence-corrected chi connectivity index (χ2v) is 4.90. The smallest absolute Gasteiger partial charge is 0.119 e. The predicted octanol–water partition coefficient (Wildman–Crippen LogP) is 3.53. The standard InChI is InChI=1S/C15H25NO/c1-4-6-14(16)10-9-13-7-5-8-15(11-13)17-12(2)3/h5,7-8,11-12,14H,4,6,9-10,16H2,1-3H3. The minimum Gasteiger partial charge on any atom is -0.491 e. The van der Waals surface area contributed by atoms with Crippen molar-refractivity contribution in [1.29, 1.82) is 0 Å². The Hall–Kier alpha value is -1.02. The summed E-state index contributed by atoms with van der Waals surface area (Å²) in [7, 11) is 0. The molecule has 1 rings (SSSR count). The van der Waals surface area contributed by atoms with E-state index >= 15 is 0 Å². The van der Waals surface area contributed by atoms with Crippen LogP contribution in [0.3, 0.4) is 0 Å². The van der Waals surface area contributed by atoms with Gasteiger partial charge < -0.3 is 10.5 Å². The molecular weight excluding hydrogens is 210 g/mol. The number of benzene rings is 1. The van der Waals surface area contributed by atoms with Crippen LogP contribution >= 0.6 is 0 Å². The Labute approximate surface area is 105 Å². The van der Waals surface area contributed by atoms with Gasteiger partial charge >= 0.3 is 0 Å². The zero-order chi connectivity index (χ0) is 12.7.